The van der Waals surface area contributed by atoms with Crippen LogP contribution >= 0.6 is 0 Å². The molecule has 24 heavy (non-hydrogen) atoms. The summed E-state index contributed by atoms with van der Waals surface area (Å²) in [5.74, 6) is -0.854. The molecule has 0 aliphatic carbocycles. The van der Waals surface area contributed by atoms with Crippen molar-refractivity contribution < 1.29 is 22.9 Å². The number of carbonyl (C=O) groups excluding carboxylic acids is 1. The normalized spacial score (nSPS) is 12.2. The van der Waals surface area contributed by atoms with E-state index in [9.17, 15) is 9.18 Å². The molecule has 124 valence electrons. The Bertz CT molecular complexity index is 852. The topological polar surface area (TPSA) is 108 Å². The standard InChI is InChI=1S/C14H14BFN4O4/c1-2-22-7-20(14-15-13(17)19-24-14)12(21)11(16)8-3-4-9-10(5-8)23-6-18-9/h3-6,11H,2,7H2,1H3,(H2,17,19). The minimum absolute atomic E-state index is 0.00865. The number of fused-ring (bicyclic) bond motifs is 1. The molecular weight excluding hydrogens is 318 g/mol. The number of nitrogens with zero attached hydrogens (tertiary/aromatic N) is 3. The minimum atomic E-state index is -1.94. The number of rotatable bonds is 6. The van der Waals surface area contributed by atoms with Crippen LogP contribution in [0.25, 0.3) is 11.1 Å². The molecule has 0 saturated carbocycles. The van der Waals surface area contributed by atoms with E-state index >= 15 is 0 Å². The Kier molecular flexibility index (Phi) is 4.56. The Labute approximate surface area is 136 Å². The van der Waals surface area contributed by atoms with Crippen LogP contribution in [0, 0.1) is 0 Å². The fourth-order valence-corrected chi connectivity index (χ4v) is 2.13. The maximum atomic E-state index is 14.7. The molecule has 0 aliphatic heterocycles. The number of halogens is 1. The molecule has 0 spiro atoms. The molecule has 3 aromatic rings. The molecule has 8 nitrogen and oxygen atoms in total. The second-order valence-corrected chi connectivity index (χ2v) is 4.92. The zero-order valence-electron chi connectivity index (χ0n) is 12.8. The molecule has 0 saturated heterocycles. The molecule has 0 radical (unpaired) electrons. The number of nitrogens with two attached hydrogens (primary N) is 1. The summed E-state index contributed by atoms with van der Waals surface area (Å²) in [6.45, 7) is 3.23. The maximum absolute atomic E-state index is 14.7. The van der Waals surface area contributed by atoms with Crippen LogP contribution in [-0.4, -0.2) is 36.3 Å². The Morgan fingerprint density at radius 2 is 2.38 bits per heavy atom. The molecule has 1 unspecified atom stereocenters. The van der Waals surface area contributed by atoms with Gasteiger partial charge in [0, 0.05) is 0 Å². The first-order chi connectivity index (χ1) is 11.6. The van der Waals surface area contributed by atoms with Crippen molar-refractivity contribution in [3.63, 3.8) is 0 Å². The van der Waals surface area contributed by atoms with Crippen LogP contribution in [0.15, 0.2) is 33.5 Å². The third-order valence-electron chi connectivity index (χ3n) is 3.34. The summed E-state index contributed by atoms with van der Waals surface area (Å²) in [6.07, 6.45) is -0.686. The Morgan fingerprint density at radius 1 is 1.54 bits per heavy atom. The van der Waals surface area contributed by atoms with E-state index in [-0.39, 0.29) is 23.8 Å². The van der Waals surface area contributed by atoms with Crippen LogP contribution in [0.2, 0.25) is 0 Å². The quantitative estimate of drug-likeness (QED) is 0.685. The van der Waals surface area contributed by atoms with E-state index in [4.69, 9.17) is 19.4 Å². The van der Waals surface area contributed by atoms with E-state index in [1.165, 1.54) is 25.4 Å². The molecular formula is C14H14BFN4O4. The van der Waals surface area contributed by atoms with Crippen molar-refractivity contribution in [1.82, 2.24) is 10.1 Å². The molecule has 1 atom stereocenters. The van der Waals surface area contributed by atoms with Crippen LogP contribution in [0.5, 0.6) is 0 Å². The van der Waals surface area contributed by atoms with Crippen molar-refractivity contribution >= 4 is 35.4 Å². The van der Waals surface area contributed by atoms with Gasteiger partial charge in [-0.05, 0) is 0 Å². The summed E-state index contributed by atoms with van der Waals surface area (Å²) >= 11 is 0. The molecule has 2 aromatic heterocycles. The first-order valence-electron chi connectivity index (χ1n) is 7.18. The van der Waals surface area contributed by atoms with Crippen LogP contribution in [0.1, 0.15) is 18.7 Å². The molecule has 1 amide bonds. The van der Waals surface area contributed by atoms with Gasteiger partial charge in [0.15, 0.2) is 0 Å². The van der Waals surface area contributed by atoms with E-state index in [0.717, 1.165) is 4.90 Å². The van der Waals surface area contributed by atoms with Crippen LogP contribution in [0.4, 0.5) is 15.9 Å². The zero-order valence-corrected chi connectivity index (χ0v) is 12.8. The summed E-state index contributed by atoms with van der Waals surface area (Å²) in [7, 11) is 0. The summed E-state index contributed by atoms with van der Waals surface area (Å²) in [5.41, 5.74) is 6.67. The fourth-order valence-electron chi connectivity index (χ4n) is 2.13. The number of hydrogen-bond donors (Lipinski definition) is 1. The van der Waals surface area contributed by atoms with Crippen LogP contribution in [0.3, 0.4) is 0 Å². The monoisotopic (exact) mass is 332 g/mol. The first kappa shape index (κ1) is 16.1. The van der Waals surface area contributed by atoms with Gasteiger partial charge in [-0.2, -0.15) is 0 Å². The van der Waals surface area contributed by atoms with E-state index < -0.39 is 12.1 Å². The number of oxazole rings is 1. The van der Waals surface area contributed by atoms with Crippen molar-refractivity contribution in [2.45, 2.75) is 13.1 Å². The van der Waals surface area contributed by atoms with Crippen LogP contribution < -0.4 is 10.6 Å². The van der Waals surface area contributed by atoms with Gasteiger partial charge in [-0.15, -0.1) is 0 Å². The number of carbonyl (C=O) groups is 1. The molecule has 1 aromatic carbocycles. The van der Waals surface area contributed by atoms with Gasteiger partial charge >= 0.3 is 136 Å². The predicted octanol–water partition coefficient (Wildman–Crippen LogP) is 1.77. The van der Waals surface area contributed by atoms with Gasteiger partial charge in [0.1, 0.15) is 0 Å². The summed E-state index contributed by atoms with van der Waals surface area (Å²) < 4.78 is 30.0. The number of alkyl halides is 1. The van der Waals surface area contributed by atoms with Crippen molar-refractivity contribution in [2.75, 3.05) is 24.0 Å². The molecule has 3 rings (SSSR count). The van der Waals surface area contributed by atoms with Gasteiger partial charge in [-0.3, -0.25) is 0 Å². The Hall–Kier alpha value is -2.75. The summed E-state index contributed by atoms with van der Waals surface area (Å²) in [6, 6.07) is 4.48. The Balaban J connectivity index is 1.87. The van der Waals surface area contributed by atoms with Crippen molar-refractivity contribution in [3.05, 3.63) is 30.2 Å². The molecule has 0 bridgehead atoms. The van der Waals surface area contributed by atoms with E-state index in [1.807, 2.05) is 0 Å². The number of benzene rings is 1. The molecule has 0 aliphatic rings. The predicted molar refractivity (Wildman–Crippen MR) is 84.1 cm³/mol. The number of hydrogen-bond acceptors (Lipinski definition) is 7. The number of ether oxygens (including phenoxy) is 1. The van der Waals surface area contributed by atoms with Crippen molar-refractivity contribution in [3.8, 4) is 0 Å². The summed E-state index contributed by atoms with van der Waals surface area (Å²) in [5, 5.41) is 3.50. The third kappa shape index (κ3) is 3.13. The fraction of sp³-hybridized carbons (Fsp3) is 0.286. The Morgan fingerprint density at radius 3 is 3.08 bits per heavy atom. The average Bonchev–Trinajstić information content (AvgIpc) is 3.22. The summed E-state index contributed by atoms with van der Waals surface area (Å²) in [4.78, 5) is 17.5. The van der Waals surface area contributed by atoms with E-state index in [2.05, 4.69) is 10.1 Å². The van der Waals surface area contributed by atoms with Gasteiger partial charge in [-0.25, -0.2) is 0 Å². The molecule has 10 heteroatoms. The second kappa shape index (κ2) is 6.79. The average molecular weight is 332 g/mol. The van der Waals surface area contributed by atoms with E-state index in [1.54, 1.807) is 13.0 Å². The van der Waals surface area contributed by atoms with Gasteiger partial charge in [0.2, 0.25) is 0 Å². The number of nitrogen functional groups attached to an aromatic ring is 1. The van der Waals surface area contributed by atoms with Gasteiger partial charge in [-0.1, -0.05) is 0 Å². The molecule has 2 heterocycles. The van der Waals surface area contributed by atoms with Gasteiger partial charge in [0.25, 0.3) is 0 Å². The van der Waals surface area contributed by atoms with Gasteiger partial charge < -0.3 is 0 Å². The first-order valence-corrected chi connectivity index (χ1v) is 7.18. The second-order valence-electron chi connectivity index (χ2n) is 4.92. The number of aromatic nitrogens is 2. The van der Waals surface area contributed by atoms with Crippen LogP contribution in [-0.2, 0) is 9.53 Å². The SMILES string of the molecule is CCOCN(C(=O)C(F)c1ccc2ncoc2c1)c1bc(N)no1. The molecule has 0 fully saturated rings. The number of anilines is 2. The van der Waals surface area contributed by atoms with E-state index in [0.29, 0.717) is 17.7 Å². The van der Waals surface area contributed by atoms with Crippen molar-refractivity contribution in [1.29, 1.82) is 0 Å². The number of amides is 1. The zero-order chi connectivity index (χ0) is 17.1. The van der Waals surface area contributed by atoms with Gasteiger partial charge in [0.05, 0.1) is 0 Å². The molecule has 2 N–H and O–H groups in total. The third-order valence-corrected chi connectivity index (χ3v) is 3.34. The van der Waals surface area contributed by atoms with Crippen molar-refractivity contribution in [2.24, 2.45) is 0 Å².